The van der Waals surface area contributed by atoms with Gasteiger partial charge in [0.1, 0.15) is 5.76 Å². The summed E-state index contributed by atoms with van der Waals surface area (Å²) in [7, 11) is -3.85. The molecule has 2 aromatic carbocycles. The van der Waals surface area contributed by atoms with Crippen molar-refractivity contribution in [2.24, 2.45) is 0 Å². The summed E-state index contributed by atoms with van der Waals surface area (Å²) in [6, 6.07) is 20.8. The minimum absolute atomic E-state index is 0.0779. The monoisotopic (exact) mass is 380 g/mol. The second-order valence-electron chi connectivity index (χ2n) is 5.77. The zero-order valence-electron chi connectivity index (χ0n) is 14.2. The molecule has 27 heavy (non-hydrogen) atoms. The summed E-state index contributed by atoms with van der Waals surface area (Å²) in [4.78, 5) is 4.43. The van der Waals surface area contributed by atoms with Gasteiger partial charge >= 0.3 is 0 Å². The predicted molar refractivity (Wildman–Crippen MR) is 99.9 cm³/mol. The van der Waals surface area contributed by atoms with Crippen molar-refractivity contribution in [1.82, 2.24) is 4.98 Å². The average molecular weight is 380 g/mol. The number of sulfone groups is 1. The van der Waals surface area contributed by atoms with Gasteiger partial charge in [-0.2, -0.15) is 4.98 Å². The number of benzene rings is 2. The van der Waals surface area contributed by atoms with Crippen molar-refractivity contribution in [3.8, 4) is 11.5 Å². The number of furan rings is 1. The smallest absolute Gasteiger partial charge is 0.234 e. The fraction of sp³-hybridized carbons (Fsp3) is 0.0500. The van der Waals surface area contributed by atoms with Crippen molar-refractivity contribution in [2.75, 3.05) is 5.32 Å². The number of oxazole rings is 1. The van der Waals surface area contributed by atoms with E-state index in [0.29, 0.717) is 11.3 Å². The molecule has 4 aromatic rings. The van der Waals surface area contributed by atoms with Crippen LogP contribution in [-0.4, -0.2) is 13.4 Å². The molecule has 0 saturated carbocycles. The number of nitrogens with one attached hydrogen (secondary N) is 1. The molecular formula is C20H16N2O4S. The van der Waals surface area contributed by atoms with Crippen molar-refractivity contribution in [3.05, 3.63) is 84.8 Å². The Kier molecular flexibility index (Phi) is 4.52. The largest absolute Gasteiger partial charge is 0.467 e. The Labute approximate surface area is 156 Å². The standard InChI is InChI=1S/C20H16N2O4S/c23-27(24,17-11-5-2-6-12-17)20-19(21-14-16-10-7-13-25-16)26-18(22-20)15-8-3-1-4-9-15/h1-13,21H,14H2. The lowest BCUT2D eigenvalue weighted by Gasteiger charge is -2.04. The lowest BCUT2D eigenvalue weighted by atomic mass is 10.2. The summed E-state index contributed by atoms with van der Waals surface area (Å²) in [5.74, 6) is 0.955. The maximum absolute atomic E-state index is 13.1. The van der Waals surface area contributed by atoms with Gasteiger partial charge in [-0.15, -0.1) is 0 Å². The average Bonchev–Trinajstić information content (AvgIpc) is 3.38. The lowest BCUT2D eigenvalue weighted by Crippen LogP contribution is -2.07. The molecule has 6 nitrogen and oxygen atoms in total. The quantitative estimate of drug-likeness (QED) is 0.534. The third kappa shape index (κ3) is 3.50. The molecule has 7 heteroatoms. The van der Waals surface area contributed by atoms with Gasteiger partial charge in [-0.25, -0.2) is 8.42 Å². The summed E-state index contributed by atoms with van der Waals surface area (Å²) in [5.41, 5.74) is 0.688. The molecule has 0 saturated heterocycles. The second-order valence-corrected chi connectivity index (χ2v) is 7.63. The molecule has 1 N–H and O–H groups in total. The van der Waals surface area contributed by atoms with E-state index in [1.165, 1.54) is 12.1 Å². The van der Waals surface area contributed by atoms with E-state index in [0.717, 1.165) is 0 Å². The summed E-state index contributed by atoms with van der Waals surface area (Å²) >= 11 is 0. The molecule has 0 aliphatic carbocycles. The van der Waals surface area contributed by atoms with Gasteiger partial charge in [0.15, 0.2) is 0 Å². The van der Waals surface area contributed by atoms with Crippen LogP contribution in [0.3, 0.4) is 0 Å². The van der Waals surface area contributed by atoms with Crippen LogP contribution < -0.4 is 5.32 Å². The molecule has 4 rings (SSSR count). The summed E-state index contributed by atoms with van der Waals surface area (Å²) in [6.45, 7) is 0.272. The first-order chi connectivity index (χ1) is 13.1. The van der Waals surface area contributed by atoms with E-state index in [9.17, 15) is 8.42 Å². The van der Waals surface area contributed by atoms with Crippen LogP contribution in [-0.2, 0) is 16.4 Å². The number of hydrogen-bond acceptors (Lipinski definition) is 6. The van der Waals surface area contributed by atoms with Crippen LogP contribution in [0, 0.1) is 0 Å². The van der Waals surface area contributed by atoms with Gasteiger partial charge in [0.2, 0.25) is 26.6 Å². The van der Waals surface area contributed by atoms with E-state index >= 15 is 0 Å². The molecule has 0 amide bonds. The SMILES string of the molecule is O=S(=O)(c1ccccc1)c1nc(-c2ccccc2)oc1NCc1ccco1. The number of nitrogens with zero attached hydrogens (tertiary/aromatic N) is 1. The zero-order valence-corrected chi connectivity index (χ0v) is 15.0. The normalized spacial score (nSPS) is 11.4. The molecule has 0 unspecified atom stereocenters. The van der Waals surface area contributed by atoms with E-state index in [2.05, 4.69) is 10.3 Å². The fourth-order valence-electron chi connectivity index (χ4n) is 2.60. The Morgan fingerprint density at radius 3 is 2.26 bits per heavy atom. The van der Waals surface area contributed by atoms with Crippen LogP contribution in [0.1, 0.15) is 5.76 Å². The van der Waals surface area contributed by atoms with E-state index in [4.69, 9.17) is 8.83 Å². The van der Waals surface area contributed by atoms with Gasteiger partial charge in [0.25, 0.3) is 0 Å². The Morgan fingerprint density at radius 1 is 0.889 bits per heavy atom. The first-order valence-electron chi connectivity index (χ1n) is 8.27. The highest BCUT2D eigenvalue weighted by atomic mass is 32.2. The highest BCUT2D eigenvalue weighted by molar-refractivity contribution is 7.91. The van der Waals surface area contributed by atoms with E-state index < -0.39 is 9.84 Å². The van der Waals surface area contributed by atoms with Crippen molar-refractivity contribution < 1.29 is 17.3 Å². The van der Waals surface area contributed by atoms with Crippen molar-refractivity contribution in [1.29, 1.82) is 0 Å². The van der Waals surface area contributed by atoms with Gasteiger partial charge < -0.3 is 14.2 Å². The molecular weight excluding hydrogens is 364 g/mol. The van der Waals surface area contributed by atoms with Crippen LogP contribution >= 0.6 is 0 Å². The van der Waals surface area contributed by atoms with E-state index in [1.54, 1.807) is 48.7 Å². The molecule has 0 bridgehead atoms. The van der Waals surface area contributed by atoms with Gasteiger partial charge in [-0.05, 0) is 36.4 Å². The Bertz CT molecular complexity index is 1120. The zero-order chi connectivity index (χ0) is 18.7. The van der Waals surface area contributed by atoms with Crippen LogP contribution in [0.5, 0.6) is 0 Å². The molecule has 0 radical (unpaired) electrons. The molecule has 0 aliphatic rings. The third-order valence-electron chi connectivity index (χ3n) is 3.93. The lowest BCUT2D eigenvalue weighted by molar-refractivity contribution is 0.511. The molecule has 0 spiro atoms. The van der Waals surface area contributed by atoms with Gasteiger partial charge in [0.05, 0.1) is 17.7 Å². The molecule has 2 heterocycles. The van der Waals surface area contributed by atoms with Gasteiger partial charge in [-0.1, -0.05) is 36.4 Å². The third-order valence-corrected chi connectivity index (χ3v) is 5.61. The predicted octanol–water partition coefficient (Wildman–Crippen LogP) is 4.38. The van der Waals surface area contributed by atoms with Gasteiger partial charge in [-0.3, -0.25) is 0 Å². The second kappa shape index (κ2) is 7.13. The Balaban J connectivity index is 1.77. The highest BCUT2D eigenvalue weighted by Crippen LogP contribution is 2.32. The number of hydrogen-bond donors (Lipinski definition) is 1. The van der Waals surface area contributed by atoms with Crippen LogP contribution in [0.2, 0.25) is 0 Å². The van der Waals surface area contributed by atoms with E-state index in [-0.39, 0.29) is 28.2 Å². The first-order valence-corrected chi connectivity index (χ1v) is 9.75. The topological polar surface area (TPSA) is 85.3 Å². The highest BCUT2D eigenvalue weighted by Gasteiger charge is 2.28. The van der Waals surface area contributed by atoms with Crippen molar-refractivity contribution in [3.63, 3.8) is 0 Å². The van der Waals surface area contributed by atoms with Gasteiger partial charge in [0, 0.05) is 5.56 Å². The first kappa shape index (κ1) is 17.1. The maximum Gasteiger partial charge on any atom is 0.234 e. The molecule has 136 valence electrons. The van der Waals surface area contributed by atoms with E-state index in [1.807, 2.05) is 18.2 Å². The van der Waals surface area contributed by atoms with Crippen LogP contribution in [0.4, 0.5) is 5.88 Å². The number of aromatic nitrogens is 1. The Hall–Kier alpha value is -3.32. The molecule has 0 fully saturated rings. The maximum atomic E-state index is 13.1. The minimum Gasteiger partial charge on any atom is -0.467 e. The summed E-state index contributed by atoms with van der Waals surface area (Å²) in [5, 5.41) is 2.83. The van der Waals surface area contributed by atoms with Crippen LogP contribution in [0.25, 0.3) is 11.5 Å². The molecule has 2 aromatic heterocycles. The summed E-state index contributed by atoms with van der Waals surface area (Å²) < 4.78 is 37.2. The fourth-order valence-corrected chi connectivity index (χ4v) is 3.90. The number of rotatable bonds is 6. The van der Waals surface area contributed by atoms with Crippen molar-refractivity contribution >= 4 is 15.7 Å². The van der Waals surface area contributed by atoms with Crippen LogP contribution in [0.15, 0.2) is 97.8 Å². The minimum atomic E-state index is -3.85. The number of anilines is 1. The molecule has 0 aliphatic heterocycles. The van der Waals surface area contributed by atoms with Crippen molar-refractivity contribution in [2.45, 2.75) is 16.5 Å². The summed E-state index contributed by atoms with van der Waals surface area (Å²) in [6.07, 6.45) is 1.55. The molecule has 0 atom stereocenters. The Morgan fingerprint density at radius 2 is 1.59 bits per heavy atom.